The Labute approximate surface area is 89.2 Å². The van der Waals surface area contributed by atoms with E-state index in [0.29, 0.717) is 6.54 Å². The number of rotatable bonds is 1. The minimum atomic E-state index is 0.513. The minimum Gasteiger partial charge on any atom is -0.356 e. The molecule has 1 aromatic carbocycles. The number of benzene rings is 1. The van der Waals surface area contributed by atoms with Gasteiger partial charge in [0.15, 0.2) is 0 Å². The van der Waals surface area contributed by atoms with Crippen LogP contribution in [0.4, 0.5) is 0 Å². The highest BCUT2D eigenvalue weighted by molar-refractivity contribution is 9.10. The van der Waals surface area contributed by atoms with Gasteiger partial charge < -0.3 is 10.7 Å². The monoisotopic (exact) mass is 258 g/mol. The Morgan fingerprint density at radius 1 is 1.38 bits per heavy atom. The molecule has 0 aliphatic carbocycles. The number of H-pyrrole nitrogens is 1. The minimum absolute atomic E-state index is 0.513. The Bertz CT molecular complexity index is 450. The van der Waals surface area contributed by atoms with Gasteiger partial charge in [0.1, 0.15) is 0 Å². The van der Waals surface area contributed by atoms with E-state index in [1.54, 1.807) is 0 Å². The molecule has 2 nitrogen and oxygen atoms in total. The van der Waals surface area contributed by atoms with Gasteiger partial charge >= 0.3 is 0 Å². The molecule has 0 aliphatic rings. The van der Waals surface area contributed by atoms with E-state index in [0.717, 1.165) is 26.1 Å². The molecule has 3 N–H and O–H groups in total. The van der Waals surface area contributed by atoms with Crippen LogP contribution in [0.3, 0.4) is 0 Å². The molecule has 0 spiro atoms. The van der Waals surface area contributed by atoms with E-state index in [-0.39, 0.29) is 0 Å². The Balaban J connectivity index is 2.75. The van der Waals surface area contributed by atoms with Gasteiger partial charge in [0.25, 0.3) is 0 Å². The first-order valence-corrected chi connectivity index (χ1v) is 5.04. The SMILES string of the molecule is NCc1cc2cc(Cl)cc(Br)c2[nH]1. The third kappa shape index (κ3) is 1.59. The Hall–Kier alpha value is -0.510. The van der Waals surface area contributed by atoms with E-state index in [2.05, 4.69) is 20.9 Å². The van der Waals surface area contributed by atoms with Crippen molar-refractivity contribution in [3.05, 3.63) is 33.4 Å². The van der Waals surface area contributed by atoms with Gasteiger partial charge in [-0.25, -0.2) is 0 Å². The maximum Gasteiger partial charge on any atom is 0.0601 e. The van der Waals surface area contributed by atoms with Gasteiger partial charge in [0.2, 0.25) is 0 Å². The fourth-order valence-electron chi connectivity index (χ4n) is 1.33. The lowest BCUT2D eigenvalue weighted by molar-refractivity contribution is 1.02. The number of nitrogens with one attached hydrogen (secondary N) is 1. The summed E-state index contributed by atoms with van der Waals surface area (Å²) in [5.41, 5.74) is 7.58. The van der Waals surface area contributed by atoms with Gasteiger partial charge in [0.05, 0.1) is 5.52 Å². The topological polar surface area (TPSA) is 41.8 Å². The summed E-state index contributed by atoms with van der Waals surface area (Å²) in [4.78, 5) is 3.21. The van der Waals surface area contributed by atoms with Crippen LogP contribution in [0.5, 0.6) is 0 Å². The maximum absolute atomic E-state index is 5.90. The molecule has 0 amide bonds. The normalized spacial score (nSPS) is 11.0. The van der Waals surface area contributed by atoms with Gasteiger partial charge in [-0.1, -0.05) is 11.6 Å². The molecule has 0 radical (unpaired) electrons. The number of aromatic nitrogens is 1. The number of hydrogen-bond donors (Lipinski definition) is 2. The molecule has 0 atom stereocenters. The second kappa shape index (κ2) is 3.33. The smallest absolute Gasteiger partial charge is 0.0601 e. The zero-order valence-electron chi connectivity index (χ0n) is 6.77. The summed E-state index contributed by atoms with van der Waals surface area (Å²) in [6.07, 6.45) is 0. The molecule has 1 heterocycles. The van der Waals surface area contributed by atoms with Crippen molar-refractivity contribution in [3.8, 4) is 0 Å². The third-order valence-corrected chi connectivity index (χ3v) is 2.76. The van der Waals surface area contributed by atoms with Crippen molar-refractivity contribution < 1.29 is 0 Å². The molecule has 68 valence electrons. The summed E-state index contributed by atoms with van der Waals surface area (Å²) in [6.45, 7) is 0.513. The average Bonchev–Trinajstić information content (AvgIpc) is 2.47. The van der Waals surface area contributed by atoms with Gasteiger partial charge in [0, 0.05) is 27.1 Å². The van der Waals surface area contributed by atoms with Crippen molar-refractivity contribution in [2.75, 3.05) is 0 Å². The first-order valence-electron chi connectivity index (χ1n) is 3.87. The lowest BCUT2D eigenvalue weighted by Crippen LogP contribution is -1.95. The van der Waals surface area contributed by atoms with E-state index in [9.17, 15) is 0 Å². The summed E-state index contributed by atoms with van der Waals surface area (Å²) >= 11 is 9.33. The van der Waals surface area contributed by atoms with Crippen LogP contribution in [0.15, 0.2) is 22.7 Å². The van der Waals surface area contributed by atoms with Crippen LogP contribution in [-0.2, 0) is 6.54 Å². The maximum atomic E-state index is 5.90. The van der Waals surface area contributed by atoms with Crippen molar-refractivity contribution in [1.82, 2.24) is 4.98 Å². The highest BCUT2D eigenvalue weighted by Gasteiger charge is 2.04. The molecule has 1 aromatic heterocycles. The van der Waals surface area contributed by atoms with Crippen LogP contribution in [0.1, 0.15) is 5.69 Å². The number of hydrogen-bond acceptors (Lipinski definition) is 1. The molecule has 13 heavy (non-hydrogen) atoms. The lowest BCUT2D eigenvalue weighted by atomic mass is 10.2. The van der Waals surface area contributed by atoms with Crippen LogP contribution >= 0.6 is 27.5 Å². The molecule has 0 aliphatic heterocycles. The summed E-state index contributed by atoms with van der Waals surface area (Å²) in [6, 6.07) is 5.78. The van der Waals surface area contributed by atoms with E-state index in [1.165, 1.54) is 0 Å². The van der Waals surface area contributed by atoms with E-state index >= 15 is 0 Å². The molecule has 0 saturated heterocycles. The second-order valence-electron chi connectivity index (χ2n) is 2.85. The van der Waals surface area contributed by atoms with Crippen LogP contribution in [0.25, 0.3) is 10.9 Å². The zero-order valence-corrected chi connectivity index (χ0v) is 9.11. The van der Waals surface area contributed by atoms with Crippen LogP contribution in [-0.4, -0.2) is 4.98 Å². The molecule has 4 heteroatoms. The van der Waals surface area contributed by atoms with Gasteiger partial charge in [-0.15, -0.1) is 0 Å². The Morgan fingerprint density at radius 3 is 2.85 bits per heavy atom. The van der Waals surface area contributed by atoms with E-state index < -0.39 is 0 Å². The number of aromatic amines is 1. The molecule has 0 unspecified atom stereocenters. The molecular weight excluding hydrogens is 251 g/mol. The van der Waals surface area contributed by atoms with Gasteiger partial charge in [-0.05, 0) is 34.1 Å². The predicted molar refractivity (Wildman–Crippen MR) is 58.9 cm³/mol. The van der Waals surface area contributed by atoms with Crippen LogP contribution in [0, 0.1) is 0 Å². The fraction of sp³-hybridized carbons (Fsp3) is 0.111. The molecular formula is C9H8BrClN2. The molecule has 0 bridgehead atoms. The molecule has 2 aromatic rings. The van der Waals surface area contributed by atoms with Crippen LogP contribution < -0.4 is 5.73 Å². The van der Waals surface area contributed by atoms with Gasteiger partial charge in [-0.2, -0.15) is 0 Å². The van der Waals surface area contributed by atoms with Crippen molar-refractivity contribution >= 4 is 38.4 Å². The van der Waals surface area contributed by atoms with Crippen molar-refractivity contribution in [3.63, 3.8) is 0 Å². The fourth-order valence-corrected chi connectivity index (χ4v) is 2.27. The van der Waals surface area contributed by atoms with Crippen molar-refractivity contribution in [1.29, 1.82) is 0 Å². The summed E-state index contributed by atoms with van der Waals surface area (Å²) < 4.78 is 0.967. The Morgan fingerprint density at radius 2 is 2.15 bits per heavy atom. The highest BCUT2D eigenvalue weighted by Crippen LogP contribution is 2.28. The zero-order chi connectivity index (χ0) is 9.42. The number of fused-ring (bicyclic) bond motifs is 1. The van der Waals surface area contributed by atoms with Crippen molar-refractivity contribution in [2.45, 2.75) is 6.54 Å². The van der Waals surface area contributed by atoms with Gasteiger partial charge in [-0.3, -0.25) is 0 Å². The summed E-state index contributed by atoms with van der Waals surface area (Å²) in [5.74, 6) is 0. The van der Waals surface area contributed by atoms with E-state index in [1.807, 2.05) is 18.2 Å². The number of nitrogens with two attached hydrogens (primary N) is 1. The molecule has 2 rings (SSSR count). The highest BCUT2D eigenvalue weighted by atomic mass is 79.9. The standard InChI is InChI=1S/C9H8BrClN2/c10-8-3-6(11)1-5-2-7(4-12)13-9(5)8/h1-3,13H,4,12H2. The molecule has 0 saturated carbocycles. The van der Waals surface area contributed by atoms with E-state index in [4.69, 9.17) is 17.3 Å². The average molecular weight is 260 g/mol. The third-order valence-electron chi connectivity index (χ3n) is 1.92. The summed E-state index contributed by atoms with van der Waals surface area (Å²) in [5, 5.41) is 1.81. The summed E-state index contributed by atoms with van der Waals surface area (Å²) in [7, 11) is 0. The quantitative estimate of drug-likeness (QED) is 0.812. The first kappa shape index (κ1) is 9.06. The predicted octanol–water partition coefficient (Wildman–Crippen LogP) is 3.04. The van der Waals surface area contributed by atoms with Crippen molar-refractivity contribution in [2.24, 2.45) is 5.73 Å². The lowest BCUT2D eigenvalue weighted by Gasteiger charge is -1.94. The Kier molecular flexibility index (Phi) is 2.32. The van der Waals surface area contributed by atoms with Crippen LogP contribution in [0.2, 0.25) is 5.02 Å². The second-order valence-corrected chi connectivity index (χ2v) is 4.14. The number of halogens is 2. The first-order chi connectivity index (χ1) is 6.20. The molecule has 0 fully saturated rings. The largest absolute Gasteiger partial charge is 0.356 e.